The molecule has 0 saturated carbocycles. The molecule has 1 aromatic heterocycles. The first-order valence-electron chi connectivity index (χ1n) is 9.78. The highest BCUT2D eigenvalue weighted by Gasteiger charge is 2.29. The Bertz CT molecular complexity index is 939. The summed E-state index contributed by atoms with van der Waals surface area (Å²) in [5.41, 5.74) is 0.979. The van der Waals surface area contributed by atoms with Crippen LogP contribution in [0.15, 0.2) is 46.5 Å². The molecule has 9 heteroatoms. The molecule has 0 N–H and O–H groups in total. The fraction of sp³-hybridized carbons (Fsp3) is 0.500. The van der Waals surface area contributed by atoms with Crippen LogP contribution in [0.1, 0.15) is 25.8 Å². The van der Waals surface area contributed by atoms with E-state index in [1.165, 1.54) is 26.3 Å². The van der Waals surface area contributed by atoms with Crippen molar-refractivity contribution in [1.29, 1.82) is 0 Å². The minimum Gasteiger partial charge on any atom is -0.341 e. The quantitative estimate of drug-likeness (QED) is 0.650. The van der Waals surface area contributed by atoms with Crippen molar-refractivity contribution in [3.05, 3.63) is 42.2 Å². The monoisotopic (exact) mass is 436 g/mol. The zero-order valence-corrected chi connectivity index (χ0v) is 18.7. The van der Waals surface area contributed by atoms with E-state index in [9.17, 15) is 13.2 Å². The van der Waals surface area contributed by atoms with Gasteiger partial charge in [-0.1, -0.05) is 26.0 Å². The lowest BCUT2D eigenvalue weighted by Crippen LogP contribution is -2.37. The summed E-state index contributed by atoms with van der Waals surface area (Å²) in [6, 6.07) is 8.11. The van der Waals surface area contributed by atoms with E-state index in [2.05, 4.69) is 31.1 Å². The van der Waals surface area contributed by atoms with E-state index in [1.54, 1.807) is 23.7 Å². The SMILES string of the molecule is CC(C)Sc1ccc(CC(=O)N2CCCN(S(=O)(=O)c3cnn(C)c3)CC2)cc1. The van der Waals surface area contributed by atoms with Gasteiger partial charge in [0.2, 0.25) is 15.9 Å². The number of rotatable bonds is 6. The second kappa shape index (κ2) is 9.32. The zero-order chi connectivity index (χ0) is 21.0. The van der Waals surface area contributed by atoms with Crippen molar-refractivity contribution in [2.75, 3.05) is 26.2 Å². The van der Waals surface area contributed by atoms with Gasteiger partial charge in [-0.15, -0.1) is 11.8 Å². The summed E-state index contributed by atoms with van der Waals surface area (Å²) in [4.78, 5) is 15.9. The maximum absolute atomic E-state index is 12.8. The number of aromatic nitrogens is 2. The van der Waals surface area contributed by atoms with Gasteiger partial charge in [0.05, 0.1) is 12.6 Å². The van der Waals surface area contributed by atoms with Crippen LogP contribution in [0.5, 0.6) is 0 Å². The molecule has 1 aliphatic rings. The van der Waals surface area contributed by atoms with Crippen LogP contribution in [0.3, 0.4) is 0 Å². The molecule has 29 heavy (non-hydrogen) atoms. The van der Waals surface area contributed by atoms with Gasteiger partial charge in [-0.3, -0.25) is 9.48 Å². The van der Waals surface area contributed by atoms with E-state index in [4.69, 9.17) is 0 Å². The summed E-state index contributed by atoms with van der Waals surface area (Å²) in [6.07, 6.45) is 3.83. The predicted molar refractivity (Wildman–Crippen MR) is 114 cm³/mol. The lowest BCUT2D eigenvalue weighted by atomic mass is 10.1. The third-order valence-electron chi connectivity index (χ3n) is 4.78. The molecule has 0 spiro atoms. The minimum absolute atomic E-state index is 0.0369. The van der Waals surface area contributed by atoms with Crippen molar-refractivity contribution < 1.29 is 13.2 Å². The maximum atomic E-state index is 12.8. The van der Waals surface area contributed by atoms with Crippen molar-refractivity contribution in [2.24, 2.45) is 7.05 Å². The number of hydrogen-bond acceptors (Lipinski definition) is 5. The van der Waals surface area contributed by atoms with Gasteiger partial charge < -0.3 is 4.90 Å². The van der Waals surface area contributed by atoms with Gasteiger partial charge >= 0.3 is 0 Å². The molecule has 1 saturated heterocycles. The Balaban J connectivity index is 1.59. The molecule has 3 rings (SSSR count). The van der Waals surface area contributed by atoms with E-state index in [1.807, 2.05) is 12.1 Å². The van der Waals surface area contributed by atoms with Gasteiger partial charge in [0.1, 0.15) is 4.90 Å². The van der Waals surface area contributed by atoms with E-state index >= 15 is 0 Å². The second-order valence-corrected chi connectivity index (χ2v) is 11.1. The topological polar surface area (TPSA) is 75.5 Å². The highest BCUT2D eigenvalue weighted by Crippen LogP contribution is 2.23. The van der Waals surface area contributed by atoms with Crippen LogP contribution in [0.25, 0.3) is 0 Å². The van der Waals surface area contributed by atoms with Crippen molar-refractivity contribution >= 4 is 27.7 Å². The van der Waals surface area contributed by atoms with Crippen LogP contribution in [0.4, 0.5) is 0 Å². The predicted octanol–water partition coefficient (Wildman–Crippen LogP) is 2.39. The lowest BCUT2D eigenvalue weighted by Gasteiger charge is -2.21. The number of sulfonamides is 1. The smallest absolute Gasteiger partial charge is 0.246 e. The molecule has 0 atom stereocenters. The first-order chi connectivity index (χ1) is 13.8. The molecule has 2 aromatic rings. The molecule has 1 fully saturated rings. The first kappa shape index (κ1) is 21.9. The standard InChI is InChI=1S/C20H28N4O3S2/c1-16(2)28-18-7-5-17(6-8-18)13-20(25)23-9-4-10-24(12-11-23)29(26,27)19-14-21-22(3)15-19/h5-8,14-16H,4,9-13H2,1-3H3. The first-order valence-corrected chi connectivity index (χ1v) is 12.1. The van der Waals surface area contributed by atoms with E-state index in [0.29, 0.717) is 44.3 Å². The van der Waals surface area contributed by atoms with Gasteiger partial charge in [0.25, 0.3) is 0 Å². The summed E-state index contributed by atoms with van der Waals surface area (Å²) in [7, 11) is -1.89. The van der Waals surface area contributed by atoms with Crippen LogP contribution in [-0.2, 0) is 28.3 Å². The average Bonchev–Trinajstić information content (AvgIpc) is 2.95. The highest BCUT2D eigenvalue weighted by molar-refractivity contribution is 7.99. The molecule has 2 heterocycles. The second-order valence-electron chi connectivity index (χ2n) is 7.48. The van der Waals surface area contributed by atoms with Crippen LogP contribution in [0, 0.1) is 0 Å². The molecule has 158 valence electrons. The summed E-state index contributed by atoms with van der Waals surface area (Å²) in [6.45, 7) is 5.98. The fourth-order valence-electron chi connectivity index (χ4n) is 3.31. The molecule has 0 bridgehead atoms. The van der Waals surface area contributed by atoms with Crippen LogP contribution < -0.4 is 0 Å². The molecule has 0 radical (unpaired) electrons. The summed E-state index contributed by atoms with van der Waals surface area (Å²) in [5.74, 6) is 0.0369. The Labute approximate surface area is 177 Å². The number of carbonyl (C=O) groups is 1. The Hall–Kier alpha value is -1.84. The van der Waals surface area contributed by atoms with E-state index in [-0.39, 0.29) is 10.8 Å². The number of amides is 1. The van der Waals surface area contributed by atoms with Crippen molar-refractivity contribution in [3.8, 4) is 0 Å². The van der Waals surface area contributed by atoms with Crippen LogP contribution in [0.2, 0.25) is 0 Å². The fourth-order valence-corrected chi connectivity index (χ4v) is 5.60. The largest absolute Gasteiger partial charge is 0.341 e. The number of nitrogens with zero attached hydrogens (tertiary/aromatic N) is 4. The molecule has 0 unspecified atom stereocenters. The molecular weight excluding hydrogens is 408 g/mol. The average molecular weight is 437 g/mol. The normalized spacial score (nSPS) is 16.2. The van der Waals surface area contributed by atoms with Crippen LogP contribution >= 0.6 is 11.8 Å². The lowest BCUT2D eigenvalue weighted by molar-refractivity contribution is -0.130. The van der Waals surface area contributed by atoms with Gasteiger partial charge in [0, 0.05) is 49.6 Å². The van der Waals surface area contributed by atoms with Gasteiger partial charge in [-0.05, 0) is 24.1 Å². The minimum atomic E-state index is -3.58. The third kappa shape index (κ3) is 5.61. The van der Waals surface area contributed by atoms with Crippen molar-refractivity contribution in [1.82, 2.24) is 19.0 Å². The van der Waals surface area contributed by atoms with Gasteiger partial charge in [-0.2, -0.15) is 9.40 Å². The zero-order valence-electron chi connectivity index (χ0n) is 17.1. The Kier molecular flexibility index (Phi) is 7.02. The molecule has 1 amide bonds. The number of benzene rings is 1. The third-order valence-corrected chi connectivity index (χ3v) is 7.64. The molecule has 1 aliphatic heterocycles. The van der Waals surface area contributed by atoms with E-state index < -0.39 is 10.0 Å². The number of aryl methyl sites for hydroxylation is 1. The van der Waals surface area contributed by atoms with Crippen molar-refractivity contribution in [3.63, 3.8) is 0 Å². The summed E-state index contributed by atoms with van der Waals surface area (Å²) in [5, 5.41) is 4.48. The van der Waals surface area contributed by atoms with Gasteiger partial charge in [0.15, 0.2) is 0 Å². The Morgan fingerprint density at radius 2 is 1.86 bits per heavy atom. The van der Waals surface area contributed by atoms with Crippen molar-refractivity contribution in [2.45, 2.75) is 41.7 Å². The molecular formula is C20H28N4O3S2. The van der Waals surface area contributed by atoms with Gasteiger partial charge in [-0.25, -0.2) is 8.42 Å². The number of hydrogen-bond donors (Lipinski definition) is 0. The highest BCUT2D eigenvalue weighted by atomic mass is 32.2. The molecule has 1 aromatic carbocycles. The Morgan fingerprint density at radius 3 is 2.48 bits per heavy atom. The summed E-state index contributed by atoms with van der Waals surface area (Å²) >= 11 is 1.80. The number of thioether (sulfide) groups is 1. The maximum Gasteiger partial charge on any atom is 0.246 e. The number of carbonyl (C=O) groups excluding carboxylic acids is 1. The molecule has 7 nitrogen and oxygen atoms in total. The van der Waals surface area contributed by atoms with Crippen LogP contribution in [-0.4, -0.2) is 64.7 Å². The molecule has 0 aliphatic carbocycles. The van der Waals surface area contributed by atoms with E-state index in [0.717, 1.165) is 5.56 Å². The summed E-state index contributed by atoms with van der Waals surface area (Å²) < 4.78 is 28.5. The Morgan fingerprint density at radius 1 is 1.14 bits per heavy atom.